The first-order valence-electron chi connectivity index (χ1n) is 6.05. The smallest absolute Gasteiger partial charge is 0.257 e. The Morgan fingerprint density at radius 2 is 2.05 bits per heavy atom. The van der Waals surface area contributed by atoms with Gasteiger partial charge in [-0.25, -0.2) is 13.1 Å². The number of hydrogen-bond donors (Lipinski definition) is 1. The SMILES string of the molecule is CC(C)(C)CCS(=O)(=O)NC(=O)/C=C/c1ccc(Br)s1. The fraction of sp³-hybridized carbons (Fsp3) is 0.462. The number of carbonyl (C=O) groups excluding carboxylic acids is 1. The van der Waals surface area contributed by atoms with Crippen molar-refractivity contribution in [2.24, 2.45) is 5.41 Å². The first kappa shape index (κ1) is 17.4. The molecule has 0 fully saturated rings. The molecule has 7 heteroatoms. The van der Waals surface area contributed by atoms with Gasteiger partial charge >= 0.3 is 0 Å². The minimum Gasteiger partial charge on any atom is -0.269 e. The largest absolute Gasteiger partial charge is 0.269 e. The molecular weight excluding hydrogens is 362 g/mol. The zero-order chi connectivity index (χ0) is 15.4. The Bertz CT molecular complexity index is 597. The van der Waals surface area contributed by atoms with Crippen LogP contribution in [-0.4, -0.2) is 20.1 Å². The molecule has 1 N–H and O–H groups in total. The van der Waals surface area contributed by atoms with Gasteiger partial charge in [0, 0.05) is 11.0 Å². The molecule has 112 valence electrons. The van der Waals surface area contributed by atoms with Gasteiger partial charge in [-0.2, -0.15) is 0 Å². The minimum absolute atomic E-state index is 0.0549. The second kappa shape index (κ2) is 6.87. The number of amides is 1. The third-order valence-corrected chi connectivity index (χ3v) is 5.21. The number of rotatable bonds is 5. The molecular formula is C13H18BrNO3S2. The second-order valence-corrected chi connectivity index (χ2v) is 9.91. The highest BCUT2D eigenvalue weighted by atomic mass is 79.9. The number of sulfonamides is 1. The summed E-state index contributed by atoms with van der Waals surface area (Å²) in [5.41, 5.74) is -0.0864. The normalized spacial score (nSPS) is 12.8. The van der Waals surface area contributed by atoms with E-state index < -0.39 is 15.9 Å². The lowest BCUT2D eigenvalue weighted by Crippen LogP contribution is -2.32. The number of thiophene rings is 1. The zero-order valence-corrected chi connectivity index (χ0v) is 14.9. The lowest BCUT2D eigenvalue weighted by molar-refractivity contribution is -0.114. The molecule has 0 bridgehead atoms. The van der Waals surface area contributed by atoms with Crippen molar-refractivity contribution in [1.29, 1.82) is 0 Å². The summed E-state index contributed by atoms with van der Waals surface area (Å²) in [5.74, 6) is -0.677. The Kier molecular flexibility index (Phi) is 5.97. The fourth-order valence-corrected chi connectivity index (χ4v) is 3.94. The van der Waals surface area contributed by atoms with Crippen LogP contribution < -0.4 is 4.72 Å². The summed E-state index contributed by atoms with van der Waals surface area (Å²) in [7, 11) is -3.57. The van der Waals surface area contributed by atoms with E-state index in [1.165, 1.54) is 17.4 Å². The molecule has 0 aliphatic carbocycles. The molecule has 4 nitrogen and oxygen atoms in total. The summed E-state index contributed by atoms with van der Waals surface area (Å²) < 4.78 is 26.5. The summed E-state index contributed by atoms with van der Waals surface area (Å²) in [6.45, 7) is 5.87. The van der Waals surface area contributed by atoms with Gasteiger partial charge < -0.3 is 0 Å². The maximum atomic E-state index is 11.7. The van der Waals surface area contributed by atoms with Crippen LogP contribution in [0.2, 0.25) is 0 Å². The third kappa shape index (κ3) is 7.21. The monoisotopic (exact) mass is 379 g/mol. The molecule has 1 aromatic heterocycles. The number of hydrogen-bond acceptors (Lipinski definition) is 4. The highest BCUT2D eigenvalue weighted by molar-refractivity contribution is 9.11. The van der Waals surface area contributed by atoms with Crippen molar-refractivity contribution < 1.29 is 13.2 Å². The Morgan fingerprint density at radius 1 is 1.40 bits per heavy atom. The van der Waals surface area contributed by atoms with Crippen LogP contribution in [0.3, 0.4) is 0 Å². The Hall–Kier alpha value is -0.660. The van der Waals surface area contributed by atoms with Crippen LogP contribution in [0.25, 0.3) is 6.08 Å². The third-order valence-electron chi connectivity index (χ3n) is 2.37. The highest BCUT2D eigenvalue weighted by Crippen LogP contribution is 2.23. The van der Waals surface area contributed by atoms with Crippen LogP contribution in [0.1, 0.15) is 32.1 Å². The van der Waals surface area contributed by atoms with Gasteiger partial charge in [0.15, 0.2) is 0 Å². The van der Waals surface area contributed by atoms with E-state index in [1.807, 2.05) is 37.6 Å². The van der Waals surface area contributed by atoms with E-state index >= 15 is 0 Å². The molecule has 0 saturated heterocycles. The zero-order valence-electron chi connectivity index (χ0n) is 11.6. The number of nitrogens with one attached hydrogen (secondary N) is 1. The van der Waals surface area contributed by atoms with Crippen molar-refractivity contribution >= 4 is 49.3 Å². The van der Waals surface area contributed by atoms with E-state index in [0.717, 1.165) is 8.66 Å². The van der Waals surface area contributed by atoms with Crippen LogP contribution in [0.15, 0.2) is 22.0 Å². The van der Waals surface area contributed by atoms with Gasteiger partial charge in [0.25, 0.3) is 5.91 Å². The molecule has 0 radical (unpaired) electrons. The lowest BCUT2D eigenvalue weighted by Gasteiger charge is -2.17. The van der Waals surface area contributed by atoms with Gasteiger partial charge in [-0.1, -0.05) is 20.8 Å². The molecule has 0 unspecified atom stereocenters. The lowest BCUT2D eigenvalue weighted by atomic mass is 9.94. The van der Waals surface area contributed by atoms with E-state index in [0.29, 0.717) is 6.42 Å². The molecule has 0 aromatic carbocycles. The van der Waals surface area contributed by atoms with Gasteiger partial charge in [0.1, 0.15) is 0 Å². The Morgan fingerprint density at radius 3 is 2.55 bits per heavy atom. The van der Waals surface area contributed by atoms with Crippen molar-refractivity contribution in [3.05, 3.63) is 26.9 Å². The van der Waals surface area contributed by atoms with Crippen molar-refractivity contribution in [2.75, 3.05) is 5.75 Å². The van der Waals surface area contributed by atoms with Crippen molar-refractivity contribution in [1.82, 2.24) is 4.72 Å². The maximum Gasteiger partial charge on any atom is 0.257 e. The maximum absolute atomic E-state index is 11.7. The quantitative estimate of drug-likeness (QED) is 0.797. The summed E-state index contributed by atoms with van der Waals surface area (Å²) >= 11 is 4.78. The van der Waals surface area contributed by atoms with Crippen LogP contribution in [0, 0.1) is 5.41 Å². The Balaban J connectivity index is 2.55. The van der Waals surface area contributed by atoms with Gasteiger partial charge in [-0.15, -0.1) is 11.3 Å². The first-order valence-corrected chi connectivity index (χ1v) is 9.31. The Labute approximate surface area is 132 Å². The van der Waals surface area contributed by atoms with E-state index in [9.17, 15) is 13.2 Å². The van der Waals surface area contributed by atoms with Crippen LogP contribution in [0.5, 0.6) is 0 Å². The summed E-state index contributed by atoms with van der Waals surface area (Å²) in [5, 5.41) is 0. The molecule has 1 rings (SSSR count). The van der Waals surface area contributed by atoms with Crippen LogP contribution in [-0.2, 0) is 14.8 Å². The first-order chi connectivity index (χ1) is 9.07. The van der Waals surface area contributed by atoms with Gasteiger partial charge in [-0.05, 0) is 46.0 Å². The van der Waals surface area contributed by atoms with Crippen LogP contribution >= 0.6 is 27.3 Å². The molecule has 1 amide bonds. The van der Waals surface area contributed by atoms with E-state index in [4.69, 9.17) is 0 Å². The summed E-state index contributed by atoms with van der Waals surface area (Å²) in [6, 6.07) is 3.70. The van der Waals surface area contributed by atoms with Crippen molar-refractivity contribution in [3.63, 3.8) is 0 Å². The molecule has 0 saturated carbocycles. The van der Waals surface area contributed by atoms with Gasteiger partial charge in [0.05, 0.1) is 9.54 Å². The number of carbonyl (C=O) groups is 1. The average molecular weight is 380 g/mol. The molecule has 1 heterocycles. The molecule has 0 aliphatic rings. The molecule has 0 atom stereocenters. The molecule has 0 aliphatic heterocycles. The predicted octanol–water partition coefficient (Wildman–Crippen LogP) is 3.41. The van der Waals surface area contributed by atoms with E-state index in [-0.39, 0.29) is 11.2 Å². The molecule has 20 heavy (non-hydrogen) atoms. The average Bonchev–Trinajstić information content (AvgIpc) is 2.69. The fourth-order valence-electron chi connectivity index (χ4n) is 1.25. The summed E-state index contributed by atoms with van der Waals surface area (Å²) in [4.78, 5) is 12.5. The second-order valence-electron chi connectivity index (χ2n) is 5.57. The topological polar surface area (TPSA) is 63.2 Å². The van der Waals surface area contributed by atoms with Crippen molar-refractivity contribution in [2.45, 2.75) is 27.2 Å². The van der Waals surface area contributed by atoms with Gasteiger partial charge in [-0.3, -0.25) is 4.79 Å². The minimum atomic E-state index is -3.57. The van der Waals surface area contributed by atoms with E-state index in [2.05, 4.69) is 15.9 Å². The molecule has 0 spiro atoms. The van der Waals surface area contributed by atoms with Gasteiger partial charge in [0.2, 0.25) is 10.0 Å². The van der Waals surface area contributed by atoms with Crippen LogP contribution in [0.4, 0.5) is 0 Å². The highest BCUT2D eigenvalue weighted by Gasteiger charge is 2.18. The summed E-state index contributed by atoms with van der Waals surface area (Å²) in [6.07, 6.45) is 3.31. The van der Waals surface area contributed by atoms with E-state index in [1.54, 1.807) is 6.08 Å². The standard InChI is InChI=1S/C13H18BrNO3S2/c1-13(2,3)8-9-20(17,18)15-12(16)7-5-10-4-6-11(14)19-10/h4-7H,8-9H2,1-3H3,(H,15,16)/b7-5+. The van der Waals surface area contributed by atoms with Crippen molar-refractivity contribution in [3.8, 4) is 0 Å². The predicted molar refractivity (Wildman–Crippen MR) is 87.1 cm³/mol. The number of halogens is 1. The molecule has 1 aromatic rings.